The maximum Gasteiger partial charge on any atom is 0.0207 e. The first-order valence-corrected chi connectivity index (χ1v) is 5.12. The van der Waals surface area contributed by atoms with Crippen LogP contribution in [0.2, 0.25) is 0 Å². The predicted molar refractivity (Wildman–Crippen MR) is 47.7 cm³/mol. The Balaban J connectivity index is 1.99. The van der Waals surface area contributed by atoms with E-state index < -0.39 is 0 Å². The molecule has 2 fully saturated rings. The first-order valence-electron chi connectivity index (χ1n) is 5.12. The van der Waals surface area contributed by atoms with Gasteiger partial charge in [0.05, 0.1) is 0 Å². The molecule has 0 aromatic heterocycles. The van der Waals surface area contributed by atoms with Crippen molar-refractivity contribution in [2.24, 2.45) is 0 Å². The number of rotatable bonds is 2. The summed E-state index contributed by atoms with van der Waals surface area (Å²) in [4.78, 5) is 2.75. The largest absolute Gasteiger partial charge is 0.298 e. The van der Waals surface area contributed by atoms with Crippen LogP contribution in [-0.2, 0) is 0 Å². The molecule has 1 heteroatoms. The molecule has 1 nitrogen and oxygen atoms in total. The van der Waals surface area contributed by atoms with Crippen molar-refractivity contribution in [2.75, 3.05) is 13.1 Å². The third-order valence-corrected chi connectivity index (χ3v) is 3.72. The monoisotopic (exact) mass is 153 g/mol. The van der Waals surface area contributed by atoms with Crippen LogP contribution in [0, 0.1) is 0 Å². The van der Waals surface area contributed by atoms with E-state index in [0.717, 1.165) is 0 Å². The molecule has 0 N–H and O–H groups in total. The van der Waals surface area contributed by atoms with Gasteiger partial charge in [-0.25, -0.2) is 0 Å². The SMILES string of the molecule is CCC1(N2CCCC2)CCC1. The van der Waals surface area contributed by atoms with Gasteiger partial charge in [-0.2, -0.15) is 0 Å². The third kappa shape index (κ3) is 1.10. The Morgan fingerprint density at radius 1 is 1.09 bits per heavy atom. The summed E-state index contributed by atoms with van der Waals surface area (Å²) >= 11 is 0. The van der Waals surface area contributed by atoms with Gasteiger partial charge in [-0.1, -0.05) is 6.92 Å². The molecule has 1 heterocycles. The smallest absolute Gasteiger partial charge is 0.0207 e. The van der Waals surface area contributed by atoms with Crippen molar-refractivity contribution < 1.29 is 0 Å². The van der Waals surface area contributed by atoms with Crippen LogP contribution in [0.3, 0.4) is 0 Å². The average molecular weight is 153 g/mol. The van der Waals surface area contributed by atoms with Crippen LogP contribution in [-0.4, -0.2) is 23.5 Å². The van der Waals surface area contributed by atoms with Gasteiger partial charge in [0.2, 0.25) is 0 Å². The van der Waals surface area contributed by atoms with Crippen molar-refractivity contribution in [3.8, 4) is 0 Å². The van der Waals surface area contributed by atoms with Gasteiger partial charge in [0.1, 0.15) is 0 Å². The first-order chi connectivity index (χ1) is 5.37. The molecule has 1 aliphatic heterocycles. The fourth-order valence-electron chi connectivity index (χ4n) is 2.67. The maximum atomic E-state index is 2.75. The first kappa shape index (κ1) is 7.60. The molecule has 0 bridgehead atoms. The molecular weight excluding hydrogens is 134 g/mol. The zero-order valence-electron chi connectivity index (χ0n) is 7.60. The topological polar surface area (TPSA) is 3.24 Å². The van der Waals surface area contributed by atoms with Crippen molar-refractivity contribution in [3.05, 3.63) is 0 Å². The zero-order valence-corrected chi connectivity index (χ0v) is 7.60. The summed E-state index contributed by atoms with van der Waals surface area (Å²) in [6, 6.07) is 0. The van der Waals surface area contributed by atoms with E-state index in [1.807, 2.05) is 0 Å². The normalized spacial score (nSPS) is 30.3. The van der Waals surface area contributed by atoms with Gasteiger partial charge in [0, 0.05) is 5.54 Å². The molecule has 0 aromatic carbocycles. The van der Waals surface area contributed by atoms with Crippen molar-refractivity contribution in [1.82, 2.24) is 4.90 Å². The lowest BCUT2D eigenvalue weighted by atomic mass is 9.73. The molecule has 2 aliphatic rings. The molecular formula is C10H19N. The Labute approximate surface area is 69.8 Å². The minimum Gasteiger partial charge on any atom is -0.298 e. The van der Waals surface area contributed by atoms with Crippen LogP contribution < -0.4 is 0 Å². The summed E-state index contributed by atoms with van der Waals surface area (Å²) in [6.07, 6.45) is 8.70. The molecule has 0 radical (unpaired) electrons. The molecule has 1 saturated heterocycles. The lowest BCUT2D eigenvalue weighted by molar-refractivity contribution is 0.0323. The molecule has 64 valence electrons. The van der Waals surface area contributed by atoms with Gasteiger partial charge in [0.15, 0.2) is 0 Å². The van der Waals surface area contributed by atoms with Crippen LogP contribution in [0.25, 0.3) is 0 Å². The van der Waals surface area contributed by atoms with E-state index in [1.54, 1.807) is 0 Å². The van der Waals surface area contributed by atoms with E-state index in [9.17, 15) is 0 Å². The van der Waals surface area contributed by atoms with E-state index in [2.05, 4.69) is 11.8 Å². The Hall–Kier alpha value is -0.0400. The minimum absolute atomic E-state index is 0.677. The molecule has 11 heavy (non-hydrogen) atoms. The van der Waals surface area contributed by atoms with E-state index in [-0.39, 0.29) is 0 Å². The van der Waals surface area contributed by atoms with Crippen LogP contribution in [0.1, 0.15) is 45.4 Å². The van der Waals surface area contributed by atoms with Crippen molar-refractivity contribution >= 4 is 0 Å². The molecule has 1 saturated carbocycles. The molecule has 2 rings (SSSR count). The third-order valence-electron chi connectivity index (χ3n) is 3.72. The number of hydrogen-bond acceptors (Lipinski definition) is 1. The van der Waals surface area contributed by atoms with E-state index in [1.165, 1.54) is 51.6 Å². The van der Waals surface area contributed by atoms with Crippen LogP contribution in [0.5, 0.6) is 0 Å². The maximum absolute atomic E-state index is 2.75. The van der Waals surface area contributed by atoms with Gasteiger partial charge in [-0.3, -0.25) is 4.90 Å². The number of likely N-dealkylation sites (tertiary alicyclic amines) is 1. The van der Waals surface area contributed by atoms with Gasteiger partial charge < -0.3 is 0 Å². The lowest BCUT2D eigenvalue weighted by Gasteiger charge is -2.48. The Bertz CT molecular complexity index is 126. The second-order valence-corrected chi connectivity index (χ2v) is 4.13. The number of nitrogens with zero attached hydrogens (tertiary/aromatic N) is 1. The highest BCUT2D eigenvalue weighted by molar-refractivity contribution is 4.98. The average Bonchev–Trinajstić information content (AvgIpc) is 2.39. The van der Waals surface area contributed by atoms with E-state index >= 15 is 0 Å². The van der Waals surface area contributed by atoms with E-state index in [0.29, 0.717) is 5.54 Å². The zero-order chi connectivity index (χ0) is 7.73. The Morgan fingerprint density at radius 2 is 1.73 bits per heavy atom. The summed E-state index contributed by atoms with van der Waals surface area (Å²) in [6.45, 7) is 5.12. The Kier molecular flexibility index (Phi) is 1.92. The van der Waals surface area contributed by atoms with Gasteiger partial charge in [0.25, 0.3) is 0 Å². The Morgan fingerprint density at radius 3 is 2.09 bits per heavy atom. The van der Waals surface area contributed by atoms with Crippen molar-refractivity contribution in [2.45, 2.75) is 51.0 Å². The van der Waals surface area contributed by atoms with Crippen molar-refractivity contribution in [3.63, 3.8) is 0 Å². The molecule has 1 aliphatic carbocycles. The highest BCUT2D eigenvalue weighted by Crippen LogP contribution is 2.41. The van der Waals surface area contributed by atoms with Gasteiger partial charge in [-0.05, 0) is 51.6 Å². The highest BCUT2D eigenvalue weighted by atomic mass is 15.2. The summed E-state index contributed by atoms with van der Waals surface area (Å²) < 4.78 is 0. The standard InChI is InChI=1S/C10H19N/c1-2-10(6-5-7-10)11-8-3-4-9-11/h2-9H2,1H3. The lowest BCUT2D eigenvalue weighted by Crippen LogP contribution is -2.51. The van der Waals surface area contributed by atoms with Gasteiger partial charge >= 0.3 is 0 Å². The molecule has 0 aromatic rings. The van der Waals surface area contributed by atoms with Crippen molar-refractivity contribution in [1.29, 1.82) is 0 Å². The minimum atomic E-state index is 0.677. The second-order valence-electron chi connectivity index (χ2n) is 4.13. The summed E-state index contributed by atoms with van der Waals surface area (Å²) in [5.41, 5.74) is 0.677. The summed E-state index contributed by atoms with van der Waals surface area (Å²) in [7, 11) is 0. The quantitative estimate of drug-likeness (QED) is 0.589. The fraction of sp³-hybridized carbons (Fsp3) is 1.00. The molecule has 0 amide bonds. The number of hydrogen-bond donors (Lipinski definition) is 0. The summed E-state index contributed by atoms with van der Waals surface area (Å²) in [5, 5.41) is 0. The molecule has 0 atom stereocenters. The van der Waals surface area contributed by atoms with Crippen LogP contribution in [0.15, 0.2) is 0 Å². The summed E-state index contributed by atoms with van der Waals surface area (Å²) in [5.74, 6) is 0. The molecule has 0 spiro atoms. The fourth-order valence-corrected chi connectivity index (χ4v) is 2.67. The second kappa shape index (κ2) is 2.78. The predicted octanol–water partition coefficient (Wildman–Crippen LogP) is 2.41. The molecule has 0 unspecified atom stereocenters. The highest BCUT2D eigenvalue weighted by Gasteiger charge is 2.41. The van der Waals surface area contributed by atoms with Gasteiger partial charge in [-0.15, -0.1) is 0 Å². The van der Waals surface area contributed by atoms with Crippen LogP contribution >= 0.6 is 0 Å². The van der Waals surface area contributed by atoms with Crippen LogP contribution in [0.4, 0.5) is 0 Å². The van der Waals surface area contributed by atoms with E-state index in [4.69, 9.17) is 0 Å².